The zero-order valence-corrected chi connectivity index (χ0v) is 20.7. The average molecular weight is 510 g/mol. The summed E-state index contributed by atoms with van der Waals surface area (Å²) in [5.74, 6) is -2.39. The van der Waals surface area contributed by atoms with E-state index in [2.05, 4.69) is 33.6 Å². The van der Waals surface area contributed by atoms with Crippen molar-refractivity contribution >= 4 is 59.0 Å². The summed E-state index contributed by atoms with van der Waals surface area (Å²) in [7, 11) is 0. The number of aliphatic carboxylic acids is 1. The molecule has 0 fully saturated rings. The Morgan fingerprint density at radius 3 is 2.41 bits per heavy atom. The number of amides is 3. The fourth-order valence-corrected chi connectivity index (χ4v) is 4.00. The van der Waals surface area contributed by atoms with Crippen molar-refractivity contribution in [1.82, 2.24) is 20.9 Å². The number of aromatic amines is 1. The number of H-pyrrole nitrogens is 1. The highest BCUT2D eigenvalue weighted by Gasteiger charge is 2.27. The van der Waals surface area contributed by atoms with E-state index >= 15 is 0 Å². The van der Waals surface area contributed by atoms with Gasteiger partial charge in [0.1, 0.15) is 18.1 Å². The zero-order chi connectivity index (χ0) is 25.3. The molecule has 34 heavy (non-hydrogen) atoms. The maximum absolute atomic E-state index is 12.6. The summed E-state index contributed by atoms with van der Waals surface area (Å²) in [6, 6.07) is 3.66. The summed E-state index contributed by atoms with van der Waals surface area (Å²) >= 11 is 5.59. The maximum Gasteiger partial charge on any atom is 0.326 e. The lowest BCUT2D eigenvalue weighted by atomic mass is 10.0. The Hall–Kier alpha value is -2.70. The first kappa shape index (κ1) is 27.5. The van der Waals surface area contributed by atoms with Gasteiger partial charge < -0.3 is 31.8 Å². The van der Waals surface area contributed by atoms with Crippen LogP contribution in [0.1, 0.15) is 18.9 Å². The van der Waals surface area contributed by atoms with Crippen molar-refractivity contribution in [2.75, 3.05) is 17.8 Å². The van der Waals surface area contributed by atoms with Crippen LogP contribution in [-0.2, 0) is 25.6 Å². The smallest absolute Gasteiger partial charge is 0.326 e. The molecule has 7 N–H and O–H groups in total. The monoisotopic (exact) mass is 509 g/mol. The summed E-state index contributed by atoms with van der Waals surface area (Å²) in [6.07, 6.45) is 4.15. The van der Waals surface area contributed by atoms with E-state index in [1.807, 2.05) is 30.5 Å². The van der Waals surface area contributed by atoms with Crippen molar-refractivity contribution in [3.63, 3.8) is 0 Å². The summed E-state index contributed by atoms with van der Waals surface area (Å²) in [5, 5.41) is 17.7. The lowest BCUT2D eigenvalue weighted by Crippen LogP contribution is -2.57. The molecule has 3 amide bonds. The Bertz CT molecular complexity index is 1010. The first-order valence-corrected chi connectivity index (χ1v) is 12.7. The molecule has 0 bridgehead atoms. The fourth-order valence-electron chi connectivity index (χ4n) is 3.27. The van der Waals surface area contributed by atoms with Crippen molar-refractivity contribution in [3.8, 4) is 0 Å². The number of carboxylic acids is 1. The molecule has 186 valence electrons. The van der Waals surface area contributed by atoms with Crippen molar-refractivity contribution in [3.05, 3.63) is 36.0 Å². The van der Waals surface area contributed by atoms with Crippen LogP contribution in [0.3, 0.4) is 0 Å². The van der Waals surface area contributed by atoms with E-state index in [-0.39, 0.29) is 18.6 Å². The van der Waals surface area contributed by atoms with Crippen molar-refractivity contribution in [2.45, 2.75) is 43.9 Å². The maximum atomic E-state index is 12.6. The molecule has 2 aromatic rings. The van der Waals surface area contributed by atoms with Crippen LogP contribution in [0, 0.1) is 0 Å². The number of thiol groups is 1. The first-order valence-electron chi connectivity index (χ1n) is 10.7. The number of nitrogens with one attached hydrogen (secondary N) is 4. The molecular formula is C22H31N5O5S2. The van der Waals surface area contributed by atoms with Gasteiger partial charge in [-0.05, 0) is 43.4 Å². The average Bonchev–Trinajstić information content (AvgIpc) is 3.22. The Morgan fingerprint density at radius 1 is 1.09 bits per heavy atom. The number of nitrogens with two attached hydrogens (primary N) is 1. The summed E-state index contributed by atoms with van der Waals surface area (Å²) in [5.41, 5.74) is 7.88. The minimum Gasteiger partial charge on any atom is -0.480 e. The number of carbonyl (C=O) groups is 4. The largest absolute Gasteiger partial charge is 0.480 e. The van der Waals surface area contributed by atoms with E-state index in [4.69, 9.17) is 5.73 Å². The quantitative estimate of drug-likeness (QED) is 0.190. The van der Waals surface area contributed by atoms with Crippen molar-refractivity contribution in [1.29, 1.82) is 0 Å². The lowest BCUT2D eigenvalue weighted by Gasteiger charge is -2.22. The van der Waals surface area contributed by atoms with Gasteiger partial charge in [-0.3, -0.25) is 14.4 Å². The summed E-state index contributed by atoms with van der Waals surface area (Å²) in [6.45, 7) is 1.43. The molecule has 2 rings (SSSR count). The number of rotatable bonds is 13. The van der Waals surface area contributed by atoms with E-state index in [1.54, 1.807) is 6.20 Å². The highest BCUT2D eigenvalue weighted by atomic mass is 32.2. The molecule has 0 aliphatic rings. The van der Waals surface area contributed by atoms with Gasteiger partial charge in [0.05, 0.1) is 6.04 Å². The van der Waals surface area contributed by atoms with Gasteiger partial charge in [-0.25, -0.2) is 4.79 Å². The van der Waals surface area contributed by atoms with E-state index in [9.17, 15) is 24.3 Å². The molecule has 1 heterocycles. The minimum atomic E-state index is -1.15. The standard InChI is InChI=1S/C22H31N5O5S2/c1-12(19(28)26-17(22(31)32)7-8-34-2)25-21(30)18(11-33)27-20(29)15(23)9-13-10-24-16-6-4-3-5-14(13)16/h3-6,10,12,15,17-18,24,33H,7-9,11,23H2,1-2H3,(H,25,30)(H,26,28)(H,27,29)(H,31,32). The topological polar surface area (TPSA) is 166 Å². The molecule has 1 aromatic heterocycles. The Labute approximate surface area is 207 Å². The number of para-hydroxylation sites is 1. The first-order chi connectivity index (χ1) is 16.2. The molecule has 1 aromatic carbocycles. The van der Waals surface area contributed by atoms with Gasteiger partial charge >= 0.3 is 5.97 Å². The Morgan fingerprint density at radius 2 is 1.76 bits per heavy atom. The molecule has 12 heteroatoms. The van der Waals surface area contributed by atoms with Crippen LogP contribution >= 0.6 is 24.4 Å². The van der Waals surface area contributed by atoms with Crippen LogP contribution in [0.15, 0.2) is 30.5 Å². The van der Waals surface area contributed by atoms with Gasteiger partial charge in [0.25, 0.3) is 0 Å². The van der Waals surface area contributed by atoms with E-state index in [0.717, 1.165) is 16.5 Å². The Kier molecular flexibility index (Phi) is 10.7. The number of hydrogen-bond donors (Lipinski definition) is 7. The number of carboxylic acid groups (broad SMARTS) is 1. The van der Waals surface area contributed by atoms with Gasteiger partial charge in [-0.2, -0.15) is 24.4 Å². The van der Waals surface area contributed by atoms with Gasteiger partial charge in [-0.15, -0.1) is 0 Å². The number of thioether (sulfide) groups is 1. The minimum absolute atomic E-state index is 0.0167. The van der Waals surface area contributed by atoms with Gasteiger partial charge in [0, 0.05) is 22.9 Å². The third-order valence-electron chi connectivity index (χ3n) is 5.24. The third-order valence-corrected chi connectivity index (χ3v) is 6.25. The fraction of sp³-hybridized carbons (Fsp3) is 0.455. The van der Waals surface area contributed by atoms with Gasteiger partial charge in [0.2, 0.25) is 17.7 Å². The molecular weight excluding hydrogens is 478 g/mol. The predicted molar refractivity (Wildman–Crippen MR) is 136 cm³/mol. The third kappa shape index (κ3) is 7.67. The summed E-state index contributed by atoms with van der Waals surface area (Å²) in [4.78, 5) is 52.0. The molecule has 0 saturated carbocycles. The van der Waals surface area contributed by atoms with Gasteiger partial charge in [0.15, 0.2) is 0 Å². The van der Waals surface area contributed by atoms with Crippen LogP contribution in [0.25, 0.3) is 10.9 Å². The van der Waals surface area contributed by atoms with Crippen molar-refractivity contribution < 1.29 is 24.3 Å². The van der Waals surface area contributed by atoms with Crippen LogP contribution < -0.4 is 21.7 Å². The normalized spacial score (nSPS) is 14.6. The number of fused-ring (bicyclic) bond motifs is 1. The molecule has 0 spiro atoms. The van der Waals surface area contributed by atoms with Crippen LogP contribution in [0.2, 0.25) is 0 Å². The zero-order valence-electron chi connectivity index (χ0n) is 19.0. The molecule has 0 aliphatic heterocycles. The molecule has 0 aliphatic carbocycles. The second-order valence-corrected chi connectivity index (χ2v) is 9.18. The molecule has 4 unspecified atom stereocenters. The molecule has 4 atom stereocenters. The van der Waals surface area contributed by atoms with Gasteiger partial charge in [-0.1, -0.05) is 18.2 Å². The second-order valence-electron chi connectivity index (χ2n) is 7.83. The van der Waals surface area contributed by atoms with Crippen LogP contribution in [0.5, 0.6) is 0 Å². The number of hydrogen-bond acceptors (Lipinski definition) is 7. The highest BCUT2D eigenvalue weighted by Crippen LogP contribution is 2.18. The lowest BCUT2D eigenvalue weighted by molar-refractivity contribution is -0.142. The van der Waals surface area contributed by atoms with E-state index in [1.165, 1.54) is 18.7 Å². The predicted octanol–water partition coefficient (Wildman–Crippen LogP) is 0.280. The molecule has 10 nitrogen and oxygen atoms in total. The van der Waals surface area contributed by atoms with E-state index in [0.29, 0.717) is 5.75 Å². The summed E-state index contributed by atoms with van der Waals surface area (Å²) < 4.78 is 0. The highest BCUT2D eigenvalue weighted by molar-refractivity contribution is 7.98. The van der Waals surface area contributed by atoms with E-state index < -0.39 is 47.9 Å². The number of carbonyl (C=O) groups excluding carboxylic acids is 3. The SMILES string of the molecule is CSCCC(NC(=O)C(C)NC(=O)C(CS)NC(=O)C(N)Cc1c[nH]c2ccccc12)C(=O)O. The number of aromatic nitrogens is 1. The van der Waals surface area contributed by atoms with Crippen LogP contribution in [0.4, 0.5) is 0 Å². The number of benzene rings is 1. The second kappa shape index (κ2) is 13.3. The van der Waals surface area contributed by atoms with Crippen LogP contribution in [-0.4, -0.2) is 75.7 Å². The van der Waals surface area contributed by atoms with Crippen molar-refractivity contribution in [2.24, 2.45) is 5.73 Å². The molecule has 0 saturated heterocycles. The Balaban J connectivity index is 1.91. The molecule has 0 radical (unpaired) electrons.